The highest BCUT2D eigenvalue weighted by Gasteiger charge is 2.17. The molecule has 2 rings (SSSR count). The maximum Gasteiger partial charge on any atom is 0.345 e. The molecule has 1 aliphatic rings. The van der Waals surface area contributed by atoms with E-state index >= 15 is 0 Å². The van der Waals surface area contributed by atoms with Gasteiger partial charge in [-0.05, 0) is 26.0 Å². The minimum absolute atomic E-state index is 0. The summed E-state index contributed by atoms with van der Waals surface area (Å²) in [6.07, 6.45) is 7.85. The minimum atomic E-state index is -0.516. The van der Waals surface area contributed by atoms with Gasteiger partial charge in [-0.2, -0.15) is 5.10 Å². The molecular weight excluding hydrogens is 248 g/mol. The molecule has 0 saturated heterocycles. The van der Waals surface area contributed by atoms with Gasteiger partial charge in [-0.1, -0.05) is 12.2 Å². The average molecular weight is 268 g/mol. The first kappa shape index (κ1) is 15.2. The van der Waals surface area contributed by atoms with Crippen molar-refractivity contribution in [2.24, 2.45) is 7.05 Å². The molecular formula is C12H20N4O3. The van der Waals surface area contributed by atoms with Gasteiger partial charge in [0.15, 0.2) is 0 Å². The van der Waals surface area contributed by atoms with E-state index in [9.17, 15) is 9.90 Å². The topological polar surface area (TPSA) is 111 Å². The number of aromatic nitrogens is 3. The molecule has 0 atom stereocenters. The van der Waals surface area contributed by atoms with E-state index in [1.807, 2.05) is 24.3 Å². The van der Waals surface area contributed by atoms with Crippen LogP contribution in [0.25, 0.3) is 0 Å². The molecule has 1 heterocycles. The Morgan fingerprint density at radius 1 is 1.32 bits per heavy atom. The van der Waals surface area contributed by atoms with E-state index in [0.717, 1.165) is 4.57 Å². The molecule has 1 aliphatic carbocycles. The Hall–Kier alpha value is -1.86. The second kappa shape index (κ2) is 5.85. The van der Waals surface area contributed by atoms with E-state index < -0.39 is 6.01 Å². The van der Waals surface area contributed by atoms with Gasteiger partial charge in [0.2, 0.25) is 0 Å². The second-order valence-corrected chi connectivity index (χ2v) is 4.84. The molecule has 0 saturated carbocycles. The highest BCUT2D eigenvalue weighted by Crippen LogP contribution is 2.12. The van der Waals surface area contributed by atoms with Crippen LogP contribution >= 0.6 is 0 Å². The molecule has 0 fully saturated rings. The Morgan fingerprint density at radius 3 is 2.32 bits per heavy atom. The van der Waals surface area contributed by atoms with Crippen LogP contribution in [0.15, 0.2) is 29.1 Å². The highest BCUT2D eigenvalue weighted by atomic mass is 16.3. The van der Waals surface area contributed by atoms with Crippen LogP contribution in [0.3, 0.4) is 0 Å². The van der Waals surface area contributed by atoms with Gasteiger partial charge in [0.25, 0.3) is 0 Å². The van der Waals surface area contributed by atoms with Crippen LogP contribution in [-0.4, -0.2) is 31.9 Å². The summed E-state index contributed by atoms with van der Waals surface area (Å²) in [5, 5.41) is 17.2. The fraction of sp³-hybridized carbons (Fsp3) is 0.500. The van der Waals surface area contributed by atoms with Gasteiger partial charge in [-0.25, -0.2) is 9.48 Å². The third kappa shape index (κ3) is 3.12. The molecule has 0 unspecified atom stereocenters. The number of hydrogen-bond donors (Lipinski definition) is 1. The lowest BCUT2D eigenvalue weighted by molar-refractivity contribution is -0.697. The van der Waals surface area contributed by atoms with Crippen LogP contribution in [0.2, 0.25) is 0 Å². The maximum atomic E-state index is 11.7. The second-order valence-electron chi connectivity index (χ2n) is 4.84. The lowest BCUT2D eigenvalue weighted by Crippen LogP contribution is -2.93. The quantitative estimate of drug-likeness (QED) is 0.630. The molecule has 7 heteroatoms. The number of nitrogens with two attached hydrogens (primary N) is 1. The Kier molecular flexibility index (Phi) is 4.68. The SMILES string of the molecule is CC(C)[NH2+]C1C=CC(n2nc([O-])n(C)c2=O)C=C1.O. The lowest BCUT2D eigenvalue weighted by atomic mass is 10.1. The summed E-state index contributed by atoms with van der Waals surface area (Å²) in [5.41, 5.74) is -0.384. The van der Waals surface area contributed by atoms with Crippen molar-refractivity contribution in [1.82, 2.24) is 14.3 Å². The first-order chi connectivity index (χ1) is 8.49. The molecule has 0 spiro atoms. The molecule has 0 bridgehead atoms. The minimum Gasteiger partial charge on any atom is -0.844 e. The van der Waals surface area contributed by atoms with Gasteiger partial charge in [-0.15, -0.1) is 0 Å². The first-order valence-corrected chi connectivity index (χ1v) is 6.03. The summed E-state index contributed by atoms with van der Waals surface area (Å²) in [4.78, 5) is 11.7. The number of nitrogens with zero attached hydrogens (tertiary/aromatic N) is 3. The van der Waals surface area contributed by atoms with Crippen LogP contribution in [0.1, 0.15) is 19.9 Å². The van der Waals surface area contributed by atoms with Gasteiger partial charge in [0.1, 0.15) is 6.04 Å². The Bertz CT molecular complexity index is 528. The fourth-order valence-electron chi connectivity index (χ4n) is 1.98. The van der Waals surface area contributed by atoms with Gasteiger partial charge in [-0.3, -0.25) is 4.57 Å². The molecule has 0 aromatic carbocycles. The summed E-state index contributed by atoms with van der Waals surface area (Å²) in [6, 6.07) is 0.0138. The number of quaternary nitrogens is 1. The van der Waals surface area contributed by atoms with Crippen molar-refractivity contribution in [3.05, 3.63) is 34.8 Å². The van der Waals surface area contributed by atoms with Gasteiger partial charge >= 0.3 is 5.69 Å². The molecule has 4 N–H and O–H groups in total. The van der Waals surface area contributed by atoms with E-state index in [1.165, 1.54) is 11.7 Å². The predicted molar refractivity (Wildman–Crippen MR) is 68.7 cm³/mol. The largest absolute Gasteiger partial charge is 0.844 e. The van der Waals surface area contributed by atoms with E-state index in [4.69, 9.17) is 0 Å². The summed E-state index contributed by atoms with van der Waals surface area (Å²) in [7, 11) is 1.43. The maximum absolute atomic E-state index is 11.7. The molecule has 1 aromatic heterocycles. The van der Waals surface area contributed by atoms with Crippen LogP contribution < -0.4 is 16.1 Å². The predicted octanol–water partition coefficient (Wildman–Crippen LogP) is -2.16. The molecule has 19 heavy (non-hydrogen) atoms. The third-order valence-electron chi connectivity index (χ3n) is 2.91. The molecule has 106 valence electrons. The summed E-state index contributed by atoms with van der Waals surface area (Å²) in [6.45, 7) is 4.25. The smallest absolute Gasteiger partial charge is 0.345 e. The summed E-state index contributed by atoms with van der Waals surface area (Å²) < 4.78 is 2.22. The van der Waals surface area contributed by atoms with Crippen LogP contribution in [-0.2, 0) is 7.05 Å². The van der Waals surface area contributed by atoms with Gasteiger partial charge in [0.05, 0.1) is 18.1 Å². The third-order valence-corrected chi connectivity index (χ3v) is 2.91. The molecule has 0 radical (unpaired) electrons. The zero-order valence-corrected chi connectivity index (χ0v) is 11.3. The van der Waals surface area contributed by atoms with Crippen molar-refractivity contribution in [2.45, 2.75) is 32.0 Å². The summed E-state index contributed by atoms with van der Waals surface area (Å²) >= 11 is 0. The van der Waals surface area contributed by atoms with Crippen molar-refractivity contribution in [3.8, 4) is 6.01 Å². The number of hydrogen-bond acceptors (Lipinski definition) is 3. The van der Waals surface area contributed by atoms with E-state index in [-0.39, 0.29) is 23.2 Å². The first-order valence-electron chi connectivity index (χ1n) is 6.03. The molecule has 0 amide bonds. The van der Waals surface area contributed by atoms with Crippen molar-refractivity contribution >= 4 is 0 Å². The number of rotatable bonds is 3. The molecule has 0 aliphatic heterocycles. The Labute approximate surface area is 111 Å². The zero-order valence-electron chi connectivity index (χ0n) is 11.3. The Morgan fingerprint density at radius 2 is 1.89 bits per heavy atom. The van der Waals surface area contributed by atoms with Crippen molar-refractivity contribution in [2.75, 3.05) is 0 Å². The monoisotopic (exact) mass is 268 g/mol. The normalized spacial score (nSPS) is 21.7. The lowest BCUT2D eigenvalue weighted by Gasteiger charge is -2.17. The number of allylic oxidation sites excluding steroid dienone is 2. The van der Waals surface area contributed by atoms with E-state index in [2.05, 4.69) is 24.3 Å². The average Bonchev–Trinajstić information content (AvgIpc) is 2.57. The van der Waals surface area contributed by atoms with Crippen molar-refractivity contribution < 1.29 is 15.9 Å². The molecule has 7 nitrogen and oxygen atoms in total. The fourth-order valence-corrected chi connectivity index (χ4v) is 1.98. The molecule has 1 aromatic rings. The van der Waals surface area contributed by atoms with E-state index in [1.54, 1.807) is 0 Å². The van der Waals surface area contributed by atoms with Gasteiger partial charge < -0.3 is 15.9 Å². The standard InChI is InChI=1S/C12H18N4O2.H2O/c1-8(2)13-9-4-6-10(7-5-9)16-12(18)15(3)11(17)14-16;/h4-10,13H,1-3H3,(H,14,17);1H2. The van der Waals surface area contributed by atoms with Gasteiger partial charge in [0, 0.05) is 7.05 Å². The van der Waals surface area contributed by atoms with Crippen LogP contribution in [0.4, 0.5) is 0 Å². The van der Waals surface area contributed by atoms with Crippen molar-refractivity contribution in [1.29, 1.82) is 0 Å². The van der Waals surface area contributed by atoms with Crippen LogP contribution in [0, 0.1) is 0 Å². The summed E-state index contributed by atoms with van der Waals surface area (Å²) in [5.74, 6) is 0. The van der Waals surface area contributed by atoms with Crippen LogP contribution in [0.5, 0.6) is 6.01 Å². The zero-order chi connectivity index (χ0) is 13.3. The Balaban J connectivity index is 0.00000180. The van der Waals surface area contributed by atoms with E-state index in [0.29, 0.717) is 6.04 Å². The highest BCUT2D eigenvalue weighted by molar-refractivity contribution is 5.16. The van der Waals surface area contributed by atoms with Crippen molar-refractivity contribution in [3.63, 3.8) is 0 Å².